The van der Waals surface area contributed by atoms with Gasteiger partial charge in [0.15, 0.2) is 0 Å². The van der Waals surface area contributed by atoms with Gasteiger partial charge >= 0.3 is 0 Å². The molecule has 0 spiro atoms. The molecule has 0 fully saturated rings. The molecule has 2 N–H and O–H groups in total. The summed E-state index contributed by atoms with van der Waals surface area (Å²) >= 11 is 0. The normalized spacial score (nSPS) is 12.2. The van der Waals surface area contributed by atoms with Crippen LogP contribution in [0.5, 0.6) is 0 Å². The second-order valence-corrected chi connectivity index (χ2v) is 7.58. The molecule has 1 amide bonds. The number of aromatic nitrogens is 1. The van der Waals surface area contributed by atoms with Crippen molar-refractivity contribution >= 4 is 16.8 Å². The lowest BCUT2D eigenvalue weighted by Gasteiger charge is -2.20. The molecule has 1 heterocycles. The molecule has 0 aliphatic heterocycles. The Bertz CT molecular complexity index is 1030. The third-order valence-electron chi connectivity index (χ3n) is 5.53. The van der Waals surface area contributed by atoms with E-state index in [4.69, 9.17) is 0 Å². The first-order valence-corrected chi connectivity index (χ1v) is 10.1. The van der Waals surface area contributed by atoms with Crippen LogP contribution in [-0.4, -0.2) is 17.4 Å². The molecule has 0 aliphatic rings. The zero-order valence-corrected chi connectivity index (χ0v) is 16.6. The van der Waals surface area contributed by atoms with Crippen molar-refractivity contribution in [1.29, 1.82) is 0 Å². The van der Waals surface area contributed by atoms with E-state index in [0.29, 0.717) is 6.54 Å². The van der Waals surface area contributed by atoms with Crippen molar-refractivity contribution in [2.45, 2.75) is 19.3 Å². The maximum atomic E-state index is 12.9. The van der Waals surface area contributed by atoms with Gasteiger partial charge in [-0.2, -0.15) is 0 Å². The molecule has 0 saturated heterocycles. The second kappa shape index (κ2) is 8.78. The van der Waals surface area contributed by atoms with Crippen LogP contribution in [0, 0.1) is 5.92 Å². The van der Waals surface area contributed by atoms with Crippen molar-refractivity contribution in [3.05, 3.63) is 108 Å². The van der Waals surface area contributed by atoms with Crippen molar-refractivity contribution in [1.82, 2.24) is 10.3 Å². The van der Waals surface area contributed by atoms with Crippen LogP contribution in [0.4, 0.5) is 0 Å². The van der Waals surface area contributed by atoms with Crippen LogP contribution in [0.2, 0.25) is 0 Å². The summed E-state index contributed by atoms with van der Waals surface area (Å²) in [6.45, 7) is 2.59. The molecule has 4 aromatic rings. The number of para-hydroxylation sites is 1. The maximum absolute atomic E-state index is 12.9. The van der Waals surface area contributed by atoms with Crippen molar-refractivity contribution in [2.24, 2.45) is 5.92 Å². The molecule has 0 bridgehead atoms. The Morgan fingerprint density at radius 1 is 0.862 bits per heavy atom. The topological polar surface area (TPSA) is 44.9 Å². The van der Waals surface area contributed by atoms with Gasteiger partial charge < -0.3 is 10.3 Å². The summed E-state index contributed by atoms with van der Waals surface area (Å²) < 4.78 is 0. The Labute approximate surface area is 171 Å². The third-order valence-corrected chi connectivity index (χ3v) is 5.53. The number of benzene rings is 3. The van der Waals surface area contributed by atoms with Gasteiger partial charge in [0.1, 0.15) is 0 Å². The molecular formula is C26H26N2O. The predicted molar refractivity (Wildman–Crippen MR) is 119 cm³/mol. The van der Waals surface area contributed by atoms with Crippen molar-refractivity contribution < 1.29 is 4.79 Å². The van der Waals surface area contributed by atoms with Crippen LogP contribution in [0.15, 0.2) is 91.1 Å². The minimum Gasteiger partial charge on any atom is -0.361 e. The van der Waals surface area contributed by atoms with E-state index < -0.39 is 0 Å². The smallest absolute Gasteiger partial charge is 0.223 e. The molecule has 1 atom stereocenters. The minimum atomic E-state index is -0.0959. The van der Waals surface area contributed by atoms with E-state index in [1.165, 1.54) is 22.1 Å². The number of fused-ring (bicyclic) bond motifs is 1. The van der Waals surface area contributed by atoms with Gasteiger partial charge in [-0.3, -0.25) is 4.79 Å². The summed E-state index contributed by atoms with van der Waals surface area (Å²) in [5, 5.41) is 4.38. The Balaban J connectivity index is 1.45. The van der Waals surface area contributed by atoms with E-state index >= 15 is 0 Å². The number of aromatic amines is 1. The number of amides is 1. The molecular weight excluding hydrogens is 356 g/mol. The van der Waals surface area contributed by atoms with Gasteiger partial charge in [0.25, 0.3) is 0 Å². The predicted octanol–water partition coefficient (Wildman–Crippen LogP) is 5.29. The van der Waals surface area contributed by atoms with Crippen LogP contribution in [0.25, 0.3) is 10.9 Å². The van der Waals surface area contributed by atoms with Crippen LogP contribution >= 0.6 is 0 Å². The average molecular weight is 383 g/mol. The molecule has 29 heavy (non-hydrogen) atoms. The van der Waals surface area contributed by atoms with Crippen LogP contribution in [-0.2, 0) is 11.2 Å². The van der Waals surface area contributed by atoms with E-state index in [1.807, 2.05) is 61.7 Å². The largest absolute Gasteiger partial charge is 0.361 e. The first-order valence-electron chi connectivity index (χ1n) is 10.1. The van der Waals surface area contributed by atoms with E-state index in [0.717, 1.165) is 11.9 Å². The quantitative estimate of drug-likeness (QED) is 0.448. The summed E-state index contributed by atoms with van der Waals surface area (Å²) in [5.41, 5.74) is 4.72. The fourth-order valence-corrected chi connectivity index (χ4v) is 3.90. The van der Waals surface area contributed by atoms with Gasteiger partial charge in [0.05, 0.1) is 0 Å². The van der Waals surface area contributed by atoms with Gasteiger partial charge in [0, 0.05) is 35.5 Å². The standard InChI is InChI=1S/C26H26N2O/c1-19(16-22-17-27-25-15-9-8-14-23(22)25)26(29)28-18-24(20-10-4-2-5-11-20)21-12-6-3-7-13-21/h2-15,17,19,24,27H,16,18H2,1H3,(H,28,29). The fraction of sp³-hybridized carbons (Fsp3) is 0.192. The van der Waals surface area contributed by atoms with Crippen LogP contribution < -0.4 is 5.32 Å². The van der Waals surface area contributed by atoms with Gasteiger partial charge in [-0.15, -0.1) is 0 Å². The Morgan fingerprint density at radius 2 is 1.45 bits per heavy atom. The molecule has 3 aromatic carbocycles. The number of rotatable bonds is 7. The van der Waals surface area contributed by atoms with Gasteiger partial charge in [0.2, 0.25) is 5.91 Å². The summed E-state index contributed by atoms with van der Waals surface area (Å²) in [5.74, 6) is 0.134. The Morgan fingerprint density at radius 3 is 2.10 bits per heavy atom. The SMILES string of the molecule is CC(Cc1c[nH]c2ccccc12)C(=O)NCC(c1ccccc1)c1ccccc1. The lowest BCUT2D eigenvalue weighted by atomic mass is 9.91. The molecule has 0 aliphatic carbocycles. The Kier molecular flexibility index (Phi) is 5.76. The highest BCUT2D eigenvalue weighted by atomic mass is 16.1. The first-order chi connectivity index (χ1) is 14.2. The number of nitrogens with one attached hydrogen (secondary N) is 2. The minimum absolute atomic E-state index is 0.0899. The van der Waals surface area contributed by atoms with Gasteiger partial charge in [-0.1, -0.05) is 85.8 Å². The molecule has 3 heteroatoms. The molecule has 0 radical (unpaired) electrons. The zero-order valence-electron chi connectivity index (χ0n) is 16.6. The number of carbonyl (C=O) groups is 1. The van der Waals surface area contributed by atoms with E-state index in [2.05, 4.69) is 46.7 Å². The maximum Gasteiger partial charge on any atom is 0.223 e. The lowest BCUT2D eigenvalue weighted by molar-refractivity contribution is -0.124. The zero-order chi connectivity index (χ0) is 20.1. The molecule has 1 aromatic heterocycles. The van der Waals surface area contributed by atoms with Crippen LogP contribution in [0.1, 0.15) is 29.5 Å². The van der Waals surface area contributed by atoms with Crippen molar-refractivity contribution in [3.8, 4) is 0 Å². The summed E-state index contributed by atoms with van der Waals surface area (Å²) in [4.78, 5) is 16.1. The molecule has 3 nitrogen and oxygen atoms in total. The van der Waals surface area contributed by atoms with Gasteiger partial charge in [-0.25, -0.2) is 0 Å². The van der Waals surface area contributed by atoms with Gasteiger partial charge in [-0.05, 0) is 29.2 Å². The van der Waals surface area contributed by atoms with Crippen molar-refractivity contribution in [3.63, 3.8) is 0 Å². The molecule has 0 saturated carbocycles. The summed E-state index contributed by atoms with van der Waals surface area (Å²) in [6.07, 6.45) is 2.74. The molecule has 146 valence electrons. The fourth-order valence-electron chi connectivity index (χ4n) is 3.90. The Hall–Kier alpha value is -3.33. The lowest BCUT2D eigenvalue weighted by Crippen LogP contribution is -2.33. The summed E-state index contributed by atoms with van der Waals surface area (Å²) in [6, 6.07) is 29.0. The monoisotopic (exact) mass is 382 g/mol. The van der Waals surface area contributed by atoms with E-state index in [9.17, 15) is 4.79 Å². The second-order valence-electron chi connectivity index (χ2n) is 7.58. The summed E-state index contributed by atoms with van der Waals surface area (Å²) in [7, 11) is 0. The average Bonchev–Trinajstić information content (AvgIpc) is 3.18. The first kappa shape index (κ1) is 19.0. The number of hydrogen-bond donors (Lipinski definition) is 2. The number of hydrogen-bond acceptors (Lipinski definition) is 1. The molecule has 1 unspecified atom stereocenters. The van der Waals surface area contributed by atoms with Crippen LogP contribution in [0.3, 0.4) is 0 Å². The van der Waals surface area contributed by atoms with E-state index in [-0.39, 0.29) is 17.7 Å². The molecule has 4 rings (SSSR count). The highest BCUT2D eigenvalue weighted by Crippen LogP contribution is 2.24. The van der Waals surface area contributed by atoms with Crippen molar-refractivity contribution in [2.75, 3.05) is 6.54 Å². The third kappa shape index (κ3) is 4.40. The highest BCUT2D eigenvalue weighted by molar-refractivity contribution is 5.84. The number of carbonyl (C=O) groups excluding carboxylic acids is 1. The highest BCUT2D eigenvalue weighted by Gasteiger charge is 2.19. The number of H-pyrrole nitrogens is 1. The van der Waals surface area contributed by atoms with E-state index in [1.54, 1.807) is 0 Å².